The summed E-state index contributed by atoms with van der Waals surface area (Å²) in [6.07, 6.45) is 1.74. The van der Waals surface area contributed by atoms with Gasteiger partial charge < -0.3 is 14.5 Å². The van der Waals surface area contributed by atoms with E-state index in [1.54, 1.807) is 16.2 Å². The highest BCUT2D eigenvalue weighted by atomic mass is 32.1. The maximum absolute atomic E-state index is 13.4. The average molecular weight is 443 g/mol. The van der Waals surface area contributed by atoms with Gasteiger partial charge in [-0.1, -0.05) is 45.9 Å². The molecule has 2 aromatic rings. The molecule has 0 saturated heterocycles. The molecule has 1 aliphatic heterocycles. The molecule has 0 fully saturated rings. The number of carbonyl (C=O) groups is 2. The second-order valence-corrected chi connectivity index (χ2v) is 9.87. The van der Waals surface area contributed by atoms with Gasteiger partial charge in [-0.25, -0.2) is 0 Å². The Kier molecular flexibility index (Phi) is 8.13. The van der Waals surface area contributed by atoms with Crippen LogP contribution >= 0.6 is 11.3 Å². The molecule has 0 bridgehead atoms. The van der Waals surface area contributed by atoms with Gasteiger partial charge in [0.15, 0.2) is 0 Å². The number of rotatable bonds is 9. The monoisotopic (exact) mass is 442 g/mol. The Balaban J connectivity index is 1.75. The number of thiophene rings is 1. The molecule has 2 heterocycles. The maximum atomic E-state index is 13.4. The van der Waals surface area contributed by atoms with E-state index in [9.17, 15) is 9.59 Å². The van der Waals surface area contributed by atoms with Crippen LogP contribution in [0.2, 0.25) is 0 Å². The van der Waals surface area contributed by atoms with Gasteiger partial charge in [-0.05, 0) is 47.9 Å². The van der Waals surface area contributed by atoms with Crippen LogP contribution in [0.5, 0.6) is 5.75 Å². The Morgan fingerprint density at radius 3 is 2.58 bits per heavy atom. The number of benzene rings is 1. The Bertz CT molecular complexity index is 863. The van der Waals surface area contributed by atoms with Crippen molar-refractivity contribution in [1.29, 1.82) is 0 Å². The largest absolute Gasteiger partial charge is 0.491 e. The van der Waals surface area contributed by atoms with Crippen LogP contribution in [0.4, 0.5) is 0 Å². The van der Waals surface area contributed by atoms with Crippen LogP contribution < -0.4 is 4.74 Å². The van der Waals surface area contributed by atoms with Gasteiger partial charge in [-0.3, -0.25) is 9.59 Å². The molecule has 3 rings (SSSR count). The van der Waals surface area contributed by atoms with Gasteiger partial charge in [0.25, 0.3) is 0 Å². The van der Waals surface area contributed by atoms with Crippen LogP contribution in [0.15, 0.2) is 41.8 Å². The average Bonchev–Trinajstić information content (AvgIpc) is 3.23. The highest BCUT2D eigenvalue weighted by Gasteiger charge is 2.33. The van der Waals surface area contributed by atoms with E-state index in [0.29, 0.717) is 25.6 Å². The zero-order valence-corrected chi connectivity index (χ0v) is 19.9. The Labute approximate surface area is 190 Å². The predicted molar refractivity (Wildman–Crippen MR) is 125 cm³/mol. The molecule has 1 aromatic carbocycles. The summed E-state index contributed by atoms with van der Waals surface area (Å²) in [7, 11) is 0. The van der Waals surface area contributed by atoms with Crippen molar-refractivity contribution < 1.29 is 14.3 Å². The summed E-state index contributed by atoms with van der Waals surface area (Å²) in [5.74, 6) is 1.19. The lowest BCUT2D eigenvalue weighted by Gasteiger charge is -2.37. The topological polar surface area (TPSA) is 49.9 Å². The van der Waals surface area contributed by atoms with E-state index < -0.39 is 0 Å². The summed E-state index contributed by atoms with van der Waals surface area (Å²) in [6.45, 7) is 9.87. The molecular formula is C25H34N2O3S. The highest BCUT2D eigenvalue weighted by molar-refractivity contribution is 7.10. The normalized spacial score (nSPS) is 15.8. The van der Waals surface area contributed by atoms with Crippen LogP contribution in [0.25, 0.3) is 0 Å². The van der Waals surface area contributed by atoms with Crippen LogP contribution in [0.1, 0.15) is 50.6 Å². The number of hydrogen-bond acceptors (Lipinski definition) is 4. The number of fused-ring (bicyclic) bond motifs is 1. The quantitative estimate of drug-likeness (QED) is 0.561. The van der Waals surface area contributed by atoms with Gasteiger partial charge in [0, 0.05) is 23.9 Å². The SMILES string of the molecule is CC(C)CCN(CC(=O)N1CCc2sccc2[C@@H]1COc1ccccc1)C(=O)C(C)C. The van der Waals surface area contributed by atoms with Crippen molar-refractivity contribution in [3.8, 4) is 5.75 Å². The first kappa shape index (κ1) is 23.3. The van der Waals surface area contributed by atoms with Crippen molar-refractivity contribution >= 4 is 23.2 Å². The molecule has 0 saturated carbocycles. The van der Waals surface area contributed by atoms with Crippen LogP contribution in [0.3, 0.4) is 0 Å². The van der Waals surface area contributed by atoms with Gasteiger partial charge in [0.1, 0.15) is 12.4 Å². The molecule has 1 atom stereocenters. The predicted octanol–water partition coefficient (Wildman–Crippen LogP) is 4.78. The van der Waals surface area contributed by atoms with E-state index in [0.717, 1.165) is 18.6 Å². The van der Waals surface area contributed by atoms with Gasteiger partial charge in [0.05, 0.1) is 12.6 Å². The van der Waals surface area contributed by atoms with E-state index in [1.807, 2.05) is 49.1 Å². The van der Waals surface area contributed by atoms with Gasteiger partial charge in [-0.2, -0.15) is 0 Å². The third-order valence-corrected chi connectivity index (χ3v) is 6.67. The summed E-state index contributed by atoms with van der Waals surface area (Å²) in [4.78, 5) is 31.1. The third kappa shape index (κ3) is 6.10. The molecule has 1 aromatic heterocycles. The van der Waals surface area contributed by atoms with Crippen LogP contribution in [-0.2, 0) is 16.0 Å². The molecule has 0 radical (unpaired) electrons. The van der Waals surface area contributed by atoms with E-state index in [2.05, 4.69) is 25.3 Å². The number of para-hydroxylation sites is 1. The van der Waals surface area contributed by atoms with Crippen molar-refractivity contribution in [1.82, 2.24) is 9.80 Å². The Hall–Kier alpha value is -2.34. The number of carbonyl (C=O) groups excluding carboxylic acids is 2. The zero-order chi connectivity index (χ0) is 22.4. The minimum Gasteiger partial charge on any atom is -0.491 e. The van der Waals surface area contributed by atoms with E-state index in [-0.39, 0.29) is 30.3 Å². The first-order valence-electron chi connectivity index (χ1n) is 11.2. The van der Waals surface area contributed by atoms with Crippen molar-refractivity contribution in [3.63, 3.8) is 0 Å². The standard InChI is InChI=1S/C25H34N2O3S/c1-18(2)10-13-26(25(29)19(3)4)16-24(28)27-14-11-23-21(12-15-31-23)22(27)17-30-20-8-6-5-7-9-20/h5-9,12,15,18-19,22H,10-11,13-14,16-17H2,1-4H3/t22-/m0/s1. The molecule has 5 nitrogen and oxygen atoms in total. The highest BCUT2D eigenvalue weighted by Crippen LogP contribution is 2.34. The van der Waals surface area contributed by atoms with Crippen molar-refractivity contribution in [2.45, 2.75) is 46.6 Å². The van der Waals surface area contributed by atoms with E-state index in [4.69, 9.17) is 4.74 Å². The lowest BCUT2D eigenvalue weighted by Crippen LogP contribution is -2.48. The molecule has 0 aliphatic carbocycles. The van der Waals surface area contributed by atoms with Crippen molar-refractivity contribution in [2.75, 3.05) is 26.2 Å². The van der Waals surface area contributed by atoms with E-state index >= 15 is 0 Å². The first-order valence-corrected chi connectivity index (χ1v) is 12.1. The number of ether oxygens (including phenoxy) is 1. The molecule has 6 heteroatoms. The minimum absolute atomic E-state index is 0.00346. The van der Waals surface area contributed by atoms with Crippen molar-refractivity contribution in [2.24, 2.45) is 11.8 Å². The Morgan fingerprint density at radius 1 is 1.16 bits per heavy atom. The van der Waals surface area contributed by atoms with E-state index in [1.165, 1.54) is 10.4 Å². The maximum Gasteiger partial charge on any atom is 0.242 e. The summed E-state index contributed by atoms with van der Waals surface area (Å²) >= 11 is 1.74. The molecule has 1 aliphatic rings. The number of nitrogens with zero attached hydrogens (tertiary/aromatic N) is 2. The smallest absolute Gasteiger partial charge is 0.242 e. The van der Waals surface area contributed by atoms with Crippen LogP contribution in [-0.4, -0.2) is 47.9 Å². The number of amides is 2. The lowest BCUT2D eigenvalue weighted by molar-refractivity contribution is -0.144. The van der Waals surface area contributed by atoms with Crippen molar-refractivity contribution in [3.05, 3.63) is 52.2 Å². The summed E-state index contributed by atoms with van der Waals surface area (Å²) in [6, 6.07) is 11.7. The molecule has 31 heavy (non-hydrogen) atoms. The third-order valence-electron chi connectivity index (χ3n) is 5.67. The van der Waals surface area contributed by atoms with Gasteiger partial charge >= 0.3 is 0 Å². The van der Waals surface area contributed by atoms with Gasteiger partial charge in [-0.15, -0.1) is 11.3 Å². The fourth-order valence-electron chi connectivity index (χ4n) is 3.87. The number of hydrogen-bond donors (Lipinski definition) is 0. The molecule has 0 spiro atoms. The Morgan fingerprint density at radius 2 is 1.90 bits per heavy atom. The first-order chi connectivity index (χ1) is 14.9. The summed E-state index contributed by atoms with van der Waals surface area (Å²) in [5, 5.41) is 2.09. The molecule has 0 N–H and O–H groups in total. The summed E-state index contributed by atoms with van der Waals surface area (Å²) in [5.41, 5.74) is 1.17. The minimum atomic E-state index is -0.135. The molecule has 168 valence electrons. The van der Waals surface area contributed by atoms with Gasteiger partial charge in [0.2, 0.25) is 11.8 Å². The van der Waals surface area contributed by atoms with Crippen LogP contribution in [0, 0.1) is 11.8 Å². The second-order valence-electron chi connectivity index (χ2n) is 8.87. The molecular weight excluding hydrogens is 408 g/mol. The zero-order valence-electron chi connectivity index (χ0n) is 19.0. The fourth-order valence-corrected chi connectivity index (χ4v) is 4.80. The fraction of sp³-hybridized carbons (Fsp3) is 0.520. The summed E-state index contributed by atoms with van der Waals surface area (Å²) < 4.78 is 6.05. The second kappa shape index (κ2) is 10.8. The molecule has 2 amide bonds. The lowest BCUT2D eigenvalue weighted by atomic mass is 10.00. The molecule has 0 unspecified atom stereocenters.